The Kier molecular flexibility index (Phi) is 7.49. The van der Waals surface area contributed by atoms with Crippen molar-refractivity contribution in [1.29, 1.82) is 0 Å². The highest BCUT2D eigenvalue weighted by molar-refractivity contribution is 5.81. The van der Waals surface area contributed by atoms with E-state index in [1.54, 1.807) is 18.3 Å². The Morgan fingerprint density at radius 1 is 1.12 bits per heavy atom. The lowest BCUT2D eigenvalue weighted by molar-refractivity contribution is -0.133. The Labute approximate surface area is 194 Å². The molecule has 1 saturated heterocycles. The molecule has 1 saturated carbocycles. The zero-order chi connectivity index (χ0) is 23.4. The van der Waals surface area contributed by atoms with Gasteiger partial charge in [0.05, 0.1) is 11.9 Å². The van der Waals surface area contributed by atoms with E-state index >= 15 is 0 Å². The van der Waals surface area contributed by atoms with E-state index in [1.807, 2.05) is 4.90 Å². The number of benzene rings is 1. The molecule has 33 heavy (non-hydrogen) atoms. The Hall–Kier alpha value is -2.65. The van der Waals surface area contributed by atoms with Gasteiger partial charge in [0.15, 0.2) is 0 Å². The monoisotopic (exact) mass is 456 g/mol. The molecule has 1 amide bonds. The van der Waals surface area contributed by atoms with E-state index < -0.39 is 6.10 Å². The van der Waals surface area contributed by atoms with Gasteiger partial charge in [0, 0.05) is 30.7 Å². The highest BCUT2D eigenvalue weighted by Crippen LogP contribution is 2.26. The number of rotatable bonds is 6. The number of amides is 1. The quantitative estimate of drug-likeness (QED) is 0.688. The molecule has 4 rings (SSSR count). The first-order valence-corrected chi connectivity index (χ1v) is 11.8. The summed E-state index contributed by atoms with van der Waals surface area (Å²) in [5.41, 5.74) is 1.40. The number of aliphatic hydroxyl groups is 1. The molecule has 178 valence electrons. The third kappa shape index (κ3) is 5.83. The van der Waals surface area contributed by atoms with Crippen molar-refractivity contribution < 1.29 is 14.3 Å². The summed E-state index contributed by atoms with van der Waals surface area (Å²) in [6, 6.07) is 6.84. The van der Waals surface area contributed by atoms with Crippen molar-refractivity contribution in [3.63, 3.8) is 0 Å². The average molecular weight is 457 g/mol. The molecule has 1 aromatic carbocycles. The molecule has 0 spiro atoms. The van der Waals surface area contributed by atoms with Crippen LogP contribution in [0.25, 0.3) is 11.3 Å². The number of aliphatic hydroxyl groups excluding tert-OH is 1. The van der Waals surface area contributed by atoms with Crippen molar-refractivity contribution in [2.75, 3.05) is 32.1 Å². The predicted octanol–water partition coefficient (Wildman–Crippen LogP) is 2.24. The molecule has 2 N–H and O–H groups in total. The third-order valence-corrected chi connectivity index (χ3v) is 7.00. The molecule has 0 radical (unpaired) electrons. The number of hydrogen-bond acceptors (Lipinski definition) is 7. The maximum atomic E-state index is 13.2. The summed E-state index contributed by atoms with van der Waals surface area (Å²) < 4.78 is 13.2. The number of hydrogen-bond donors (Lipinski definition) is 2. The zero-order valence-corrected chi connectivity index (χ0v) is 19.3. The van der Waals surface area contributed by atoms with Crippen LogP contribution in [0.2, 0.25) is 0 Å². The van der Waals surface area contributed by atoms with Crippen LogP contribution < -0.4 is 10.2 Å². The largest absolute Gasteiger partial charge is 0.383 e. The molecule has 2 aromatic rings. The smallest absolute Gasteiger partial charge is 0.249 e. The van der Waals surface area contributed by atoms with E-state index in [0.29, 0.717) is 43.6 Å². The van der Waals surface area contributed by atoms with Gasteiger partial charge in [-0.1, -0.05) is 0 Å². The second-order valence-electron chi connectivity index (χ2n) is 9.40. The van der Waals surface area contributed by atoms with Crippen LogP contribution in [0.5, 0.6) is 0 Å². The van der Waals surface area contributed by atoms with Gasteiger partial charge < -0.3 is 20.2 Å². The van der Waals surface area contributed by atoms with E-state index in [9.17, 15) is 14.3 Å². The SMILES string of the molecule is CN(C)C1CCC(NC(=O)C(O)C2CCN(c3nncc(-c4ccc(F)cc4)n3)CC2)CC1. The van der Waals surface area contributed by atoms with E-state index in [0.717, 1.165) is 31.2 Å². The molecular weight excluding hydrogens is 423 g/mol. The first kappa shape index (κ1) is 23.5. The number of halogens is 1. The molecule has 1 aliphatic carbocycles. The summed E-state index contributed by atoms with van der Waals surface area (Å²) in [5, 5.41) is 21.9. The van der Waals surface area contributed by atoms with Gasteiger partial charge in [-0.15, -0.1) is 5.10 Å². The number of carbonyl (C=O) groups excluding carboxylic acids is 1. The summed E-state index contributed by atoms with van der Waals surface area (Å²) >= 11 is 0. The van der Waals surface area contributed by atoms with Crippen LogP contribution in [-0.4, -0.2) is 76.5 Å². The topological polar surface area (TPSA) is 94.5 Å². The highest BCUT2D eigenvalue weighted by atomic mass is 19.1. The molecule has 0 bridgehead atoms. The number of nitrogens with one attached hydrogen (secondary N) is 1. The minimum Gasteiger partial charge on any atom is -0.383 e. The normalized spacial score (nSPS) is 22.9. The number of anilines is 1. The maximum absolute atomic E-state index is 13.2. The summed E-state index contributed by atoms with van der Waals surface area (Å²) in [4.78, 5) is 21.5. The first-order valence-electron chi connectivity index (χ1n) is 11.8. The van der Waals surface area contributed by atoms with E-state index in [4.69, 9.17) is 0 Å². The molecule has 8 nitrogen and oxygen atoms in total. The van der Waals surface area contributed by atoms with Crippen LogP contribution in [0, 0.1) is 11.7 Å². The lowest BCUT2D eigenvalue weighted by Crippen LogP contribution is -2.49. The minimum absolute atomic E-state index is 0.0902. The Balaban J connectivity index is 1.28. The van der Waals surface area contributed by atoms with Crippen LogP contribution in [-0.2, 0) is 4.79 Å². The zero-order valence-electron chi connectivity index (χ0n) is 19.3. The first-order chi connectivity index (χ1) is 15.9. The van der Waals surface area contributed by atoms with E-state index in [1.165, 1.54) is 12.1 Å². The fourth-order valence-corrected chi connectivity index (χ4v) is 4.84. The van der Waals surface area contributed by atoms with Crippen molar-refractivity contribution in [2.45, 2.75) is 56.7 Å². The predicted molar refractivity (Wildman–Crippen MR) is 124 cm³/mol. The number of piperidine rings is 1. The lowest BCUT2D eigenvalue weighted by atomic mass is 9.88. The van der Waals surface area contributed by atoms with E-state index in [2.05, 4.69) is 39.5 Å². The Morgan fingerprint density at radius 2 is 1.79 bits per heavy atom. The summed E-state index contributed by atoms with van der Waals surface area (Å²) in [7, 11) is 4.19. The number of nitrogens with zero attached hydrogens (tertiary/aromatic N) is 5. The average Bonchev–Trinajstić information content (AvgIpc) is 2.84. The van der Waals surface area contributed by atoms with Crippen molar-refractivity contribution in [2.24, 2.45) is 5.92 Å². The second kappa shape index (κ2) is 10.5. The van der Waals surface area contributed by atoms with Crippen LogP contribution in [0.3, 0.4) is 0 Å². The number of carbonyl (C=O) groups is 1. The molecule has 1 unspecified atom stereocenters. The van der Waals surface area contributed by atoms with Gasteiger partial charge in [0.25, 0.3) is 0 Å². The summed E-state index contributed by atoms with van der Waals surface area (Å²) in [6.07, 6.45) is 5.95. The molecule has 1 atom stereocenters. The van der Waals surface area contributed by atoms with Crippen molar-refractivity contribution in [1.82, 2.24) is 25.4 Å². The van der Waals surface area contributed by atoms with Crippen molar-refractivity contribution in [3.8, 4) is 11.3 Å². The highest BCUT2D eigenvalue weighted by Gasteiger charge is 2.32. The molecule has 1 aromatic heterocycles. The van der Waals surface area contributed by atoms with Crippen molar-refractivity contribution >= 4 is 11.9 Å². The standard InChI is InChI=1S/C24H33FN6O2/c1-30(2)20-9-7-19(8-10-20)27-23(33)22(32)17-11-13-31(14-12-17)24-28-21(15-26-29-24)16-3-5-18(25)6-4-16/h3-6,15,17,19-20,22,32H,7-14H2,1-2H3,(H,27,33). The fraction of sp³-hybridized carbons (Fsp3) is 0.583. The molecule has 9 heteroatoms. The molecule has 1 aliphatic heterocycles. The van der Waals surface area contributed by atoms with Gasteiger partial charge in [-0.05, 0) is 82.8 Å². The second-order valence-corrected chi connectivity index (χ2v) is 9.40. The molecule has 2 aliphatic rings. The summed E-state index contributed by atoms with van der Waals surface area (Å²) in [6.45, 7) is 1.27. The van der Waals surface area contributed by atoms with Gasteiger partial charge in [-0.3, -0.25) is 4.79 Å². The van der Waals surface area contributed by atoms with Crippen LogP contribution in [0.15, 0.2) is 30.5 Å². The minimum atomic E-state index is -0.997. The lowest BCUT2D eigenvalue weighted by Gasteiger charge is -2.35. The van der Waals surface area contributed by atoms with Gasteiger partial charge >= 0.3 is 0 Å². The van der Waals surface area contributed by atoms with Gasteiger partial charge in [0.1, 0.15) is 11.9 Å². The Morgan fingerprint density at radius 3 is 2.42 bits per heavy atom. The summed E-state index contributed by atoms with van der Waals surface area (Å²) in [5.74, 6) is -0.135. The van der Waals surface area contributed by atoms with Crippen molar-refractivity contribution in [3.05, 3.63) is 36.3 Å². The van der Waals surface area contributed by atoms with Crippen LogP contribution in [0.4, 0.5) is 10.3 Å². The van der Waals surface area contributed by atoms with Gasteiger partial charge in [0.2, 0.25) is 11.9 Å². The third-order valence-electron chi connectivity index (χ3n) is 7.00. The van der Waals surface area contributed by atoms with Crippen LogP contribution >= 0.6 is 0 Å². The van der Waals surface area contributed by atoms with Crippen LogP contribution in [0.1, 0.15) is 38.5 Å². The fourth-order valence-electron chi connectivity index (χ4n) is 4.84. The molecular formula is C24H33FN6O2. The maximum Gasteiger partial charge on any atom is 0.249 e. The Bertz CT molecular complexity index is 925. The number of aromatic nitrogens is 3. The molecule has 2 fully saturated rings. The molecule has 2 heterocycles. The van der Waals surface area contributed by atoms with E-state index in [-0.39, 0.29) is 23.7 Å². The van der Waals surface area contributed by atoms with Gasteiger partial charge in [-0.25, -0.2) is 9.37 Å². The van der Waals surface area contributed by atoms with Gasteiger partial charge in [-0.2, -0.15) is 5.10 Å².